The van der Waals surface area contributed by atoms with Gasteiger partial charge < -0.3 is 15.4 Å². The smallest absolute Gasteiger partial charge is 0.255 e. The van der Waals surface area contributed by atoms with Gasteiger partial charge in [0.1, 0.15) is 5.82 Å². The molecule has 0 radical (unpaired) electrons. The van der Waals surface area contributed by atoms with Gasteiger partial charge in [-0.1, -0.05) is 30.0 Å². The Morgan fingerprint density at radius 2 is 2.07 bits per heavy atom. The molecular weight excluding hydrogens is 372 g/mol. The summed E-state index contributed by atoms with van der Waals surface area (Å²) in [4.78, 5) is 14.8. The van der Waals surface area contributed by atoms with Crippen LogP contribution in [0.5, 0.6) is 5.88 Å². The van der Waals surface area contributed by atoms with Gasteiger partial charge in [0, 0.05) is 31.1 Å². The number of aliphatic imine (C=N–C) groups is 1. The van der Waals surface area contributed by atoms with Crippen LogP contribution in [-0.2, 0) is 4.75 Å². The average Bonchev–Trinajstić information content (AvgIpc) is 3.03. The molecule has 0 aliphatic carbocycles. The van der Waals surface area contributed by atoms with Gasteiger partial charge in [-0.25, -0.2) is 9.37 Å². The fourth-order valence-corrected chi connectivity index (χ4v) is 5.07. The van der Waals surface area contributed by atoms with E-state index in [1.165, 1.54) is 24.9 Å². The van der Waals surface area contributed by atoms with Crippen LogP contribution in [0, 0.1) is 24.5 Å². The van der Waals surface area contributed by atoms with Crippen molar-refractivity contribution in [3.8, 4) is 5.88 Å². The van der Waals surface area contributed by atoms with Gasteiger partial charge >= 0.3 is 0 Å². The number of methoxy groups -OCH3 is 1. The number of halogens is 2. The number of aryl methyl sites for hydroxylation is 1. The summed E-state index contributed by atoms with van der Waals surface area (Å²) >= 11 is 1.37. The van der Waals surface area contributed by atoms with Gasteiger partial charge in [-0.3, -0.25) is 4.99 Å². The Bertz CT molecular complexity index is 925. The van der Waals surface area contributed by atoms with Crippen LogP contribution >= 0.6 is 11.8 Å². The molecule has 2 atom stereocenters. The summed E-state index contributed by atoms with van der Waals surface area (Å²) in [6.07, 6.45) is 0. The van der Waals surface area contributed by atoms with Gasteiger partial charge in [0.2, 0.25) is 11.8 Å². The van der Waals surface area contributed by atoms with Crippen molar-refractivity contribution in [2.75, 3.05) is 31.6 Å². The molecule has 1 aromatic carbocycles. The summed E-state index contributed by atoms with van der Waals surface area (Å²) in [5.41, 5.74) is 6.80. The van der Waals surface area contributed by atoms with Gasteiger partial charge in [0.05, 0.1) is 17.6 Å². The minimum atomic E-state index is -0.601. The van der Waals surface area contributed by atoms with Gasteiger partial charge in [-0.2, -0.15) is 9.37 Å². The van der Waals surface area contributed by atoms with E-state index >= 15 is 0 Å². The molecule has 9 heteroatoms. The van der Waals surface area contributed by atoms with Crippen molar-refractivity contribution < 1.29 is 13.5 Å². The lowest BCUT2D eigenvalue weighted by atomic mass is 9.87. The average molecular weight is 391 g/mol. The second kappa shape index (κ2) is 6.63. The summed E-state index contributed by atoms with van der Waals surface area (Å²) in [6.45, 7) is 3.05. The van der Waals surface area contributed by atoms with Crippen molar-refractivity contribution in [2.24, 2.45) is 16.6 Å². The summed E-state index contributed by atoms with van der Waals surface area (Å²) in [5, 5.41) is 0.435. The number of fused-ring (bicyclic) bond motifs is 1. The van der Waals surface area contributed by atoms with Crippen molar-refractivity contribution in [3.05, 3.63) is 47.2 Å². The second-order valence-electron chi connectivity index (χ2n) is 6.66. The highest BCUT2D eigenvalue weighted by atomic mass is 32.2. The molecule has 27 heavy (non-hydrogen) atoms. The molecule has 2 aliphatic heterocycles. The maximum Gasteiger partial charge on any atom is 0.255 e. The van der Waals surface area contributed by atoms with Crippen LogP contribution in [0.25, 0.3) is 0 Å². The second-order valence-corrected chi connectivity index (χ2v) is 8.01. The topological polar surface area (TPSA) is 76.6 Å². The van der Waals surface area contributed by atoms with E-state index in [0.29, 0.717) is 36.3 Å². The van der Waals surface area contributed by atoms with E-state index in [-0.39, 0.29) is 23.3 Å². The fraction of sp³-hybridized carbons (Fsp3) is 0.389. The van der Waals surface area contributed by atoms with Crippen LogP contribution in [0.1, 0.15) is 11.3 Å². The molecule has 142 valence electrons. The molecule has 2 aliphatic rings. The van der Waals surface area contributed by atoms with Crippen molar-refractivity contribution in [2.45, 2.75) is 11.7 Å². The molecule has 1 aromatic heterocycles. The van der Waals surface area contributed by atoms with Gasteiger partial charge in [-0.05, 0) is 13.0 Å². The lowest BCUT2D eigenvalue weighted by Gasteiger charge is -2.36. The summed E-state index contributed by atoms with van der Waals surface area (Å²) in [7, 11) is 1.36. The largest absolute Gasteiger partial charge is 0.479 e. The highest BCUT2D eigenvalue weighted by Crippen LogP contribution is 2.51. The lowest BCUT2D eigenvalue weighted by molar-refractivity contribution is 0.365. The number of hydrogen-bond donors (Lipinski definition) is 1. The molecule has 0 bridgehead atoms. The standard InChI is InChI=1S/C18H19F2N5OS/c1-10-14(20)15(26-2)24-17(23-10)25-8-11-7-22-16(21)27-18(11,9-25)12-5-3-4-6-13(12)19/h3-6,11H,7-9H2,1-2H3,(H2,21,22)/t11-,18-/m0/s1. The van der Waals surface area contributed by atoms with Crippen molar-refractivity contribution in [1.82, 2.24) is 9.97 Å². The molecule has 0 unspecified atom stereocenters. The van der Waals surface area contributed by atoms with E-state index in [9.17, 15) is 8.78 Å². The van der Waals surface area contributed by atoms with Crippen LogP contribution in [0.15, 0.2) is 29.3 Å². The first-order valence-electron chi connectivity index (χ1n) is 8.51. The molecule has 0 amide bonds. The number of nitrogens with two attached hydrogens (primary N) is 1. The molecule has 3 heterocycles. The number of ether oxygens (including phenoxy) is 1. The van der Waals surface area contributed by atoms with Crippen LogP contribution in [-0.4, -0.2) is 41.9 Å². The number of rotatable bonds is 3. The normalized spacial score (nSPS) is 24.5. The SMILES string of the molecule is COc1nc(N2C[C@@H]3CN=C(N)S[C@@]3(c3ccccc3F)C2)nc(C)c1F. The van der Waals surface area contributed by atoms with Gasteiger partial charge in [0.15, 0.2) is 5.17 Å². The minimum absolute atomic E-state index is 0.0201. The maximum atomic E-state index is 14.7. The van der Waals surface area contributed by atoms with E-state index in [2.05, 4.69) is 15.0 Å². The first-order chi connectivity index (χ1) is 12.9. The van der Waals surface area contributed by atoms with E-state index in [0.717, 1.165) is 0 Å². The van der Waals surface area contributed by atoms with Crippen LogP contribution < -0.4 is 15.4 Å². The quantitative estimate of drug-likeness (QED) is 0.866. The third kappa shape index (κ3) is 2.90. The Kier molecular flexibility index (Phi) is 4.41. The number of thioether (sulfide) groups is 1. The maximum absolute atomic E-state index is 14.7. The first-order valence-corrected chi connectivity index (χ1v) is 9.33. The zero-order valence-electron chi connectivity index (χ0n) is 14.9. The van der Waals surface area contributed by atoms with E-state index in [4.69, 9.17) is 10.5 Å². The molecule has 1 saturated heterocycles. The van der Waals surface area contributed by atoms with E-state index in [1.54, 1.807) is 19.1 Å². The van der Waals surface area contributed by atoms with Crippen molar-refractivity contribution in [3.63, 3.8) is 0 Å². The predicted molar refractivity (Wildman–Crippen MR) is 101 cm³/mol. The third-order valence-corrected chi connectivity index (χ3v) is 6.45. The summed E-state index contributed by atoms with van der Waals surface area (Å²) in [5.74, 6) is -0.582. The van der Waals surface area contributed by atoms with Gasteiger partial charge in [0.25, 0.3) is 5.88 Å². The summed E-state index contributed by atoms with van der Waals surface area (Å²) < 4.78 is 33.2. The van der Waals surface area contributed by atoms with Crippen LogP contribution in [0.3, 0.4) is 0 Å². The lowest BCUT2D eigenvalue weighted by Crippen LogP contribution is -2.40. The highest BCUT2D eigenvalue weighted by Gasteiger charge is 2.52. The number of aromatic nitrogens is 2. The Hall–Kier alpha value is -2.42. The zero-order valence-corrected chi connectivity index (χ0v) is 15.8. The summed E-state index contributed by atoms with van der Waals surface area (Å²) in [6, 6.07) is 6.72. The Morgan fingerprint density at radius 3 is 2.81 bits per heavy atom. The number of anilines is 1. The Morgan fingerprint density at radius 1 is 1.30 bits per heavy atom. The molecule has 2 aromatic rings. The molecule has 0 spiro atoms. The molecule has 2 N–H and O–H groups in total. The number of benzene rings is 1. The molecular formula is C18H19F2N5OS. The van der Waals surface area contributed by atoms with Crippen molar-refractivity contribution >= 4 is 22.9 Å². The first kappa shape index (κ1) is 18.0. The third-order valence-electron chi connectivity index (χ3n) is 5.06. The Balaban J connectivity index is 1.77. The monoisotopic (exact) mass is 391 g/mol. The van der Waals surface area contributed by atoms with Gasteiger partial charge in [-0.15, -0.1) is 0 Å². The molecule has 1 fully saturated rings. The number of nitrogens with zero attached hydrogens (tertiary/aromatic N) is 4. The highest BCUT2D eigenvalue weighted by molar-refractivity contribution is 8.14. The Labute approximate surface area is 159 Å². The minimum Gasteiger partial charge on any atom is -0.479 e. The number of amidine groups is 1. The van der Waals surface area contributed by atoms with Crippen molar-refractivity contribution in [1.29, 1.82) is 0 Å². The van der Waals surface area contributed by atoms with E-state index < -0.39 is 10.6 Å². The predicted octanol–water partition coefficient (Wildman–Crippen LogP) is 2.47. The molecule has 6 nitrogen and oxygen atoms in total. The molecule has 4 rings (SSSR count). The van der Waals surface area contributed by atoms with Crippen LogP contribution in [0.4, 0.5) is 14.7 Å². The van der Waals surface area contributed by atoms with Crippen LogP contribution in [0.2, 0.25) is 0 Å². The zero-order chi connectivity index (χ0) is 19.2. The fourth-order valence-electron chi connectivity index (χ4n) is 3.74. The van der Waals surface area contributed by atoms with E-state index in [1.807, 2.05) is 11.0 Å². The molecule has 0 saturated carbocycles. The number of hydrogen-bond acceptors (Lipinski definition) is 7.